The van der Waals surface area contributed by atoms with E-state index in [1.807, 2.05) is 0 Å². The highest BCUT2D eigenvalue weighted by Gasteiger charge is 2.33. The minimum atomic E-state index is -4.40. The zero-order valence-electron chi connectivity index (χ0n) is 12.1. The van der Waals surface area contributed by atoms with E-state index < -0.39 is 17.8 Å². The number of aliphatic hydroxyl groups excluding tert-OH is 1. The van der Waals surface area contributed by atoms with E-state index in [2.05, 4.69) is 10.3 Å². The first kappa shape index (κ1) is 15.9. The average molecular weight is 303 g/mol. The van der Waals surface area contributed by atoms with Gasteiger partial charge in [0.1, 0.15) is 11.6 Å². The first-order valence-corrected chi connectivity index (χ1v) is 7.07. The number of rotatable bonds is 4. The molecule has 118 valence electrons. The summed E-state index contributed by atoms with van der Waals surface area (Å²) < 4.78 is 38.9. The minimum absolute atomic E-state index is 0.0731. The molecule has 2 heterocycles. The SMILES string of the molecule is CCNc1cc(C(F)(F)F)cc(N2CCC(C(C)O)C2)n1. The number of aliphatic hydroxyl groups is 1. The summed E-state index contributed by atoms with van der Waals surface area (Å²) in [7, 11) is 0. The third kappa shape index (κ3) is 3.78. The van der Waals surface area contributed by atoms with E-state index in [0.717, 1.165) is 18.6 Å². The van der Waals surface area contributed by atoms with Gasteiger partial charge in [-0.05, 0) is 32.4 Å². The van der Waals surface area contributed by atoms with Crippen LogP contribution >= 0.6 is 0 Å². The van der Waals surface area contributed by atoms with Crippen molar-refractivity contribution in [3.8, 4) is 0 Å². The highest BCUT2D eigenvalue weighted by atomic mass is 19.4. The number of pyridine rings is 1. The normalized spacial score (nSPS) is 20.7. The van der Waals surface area contributed by atoms with E-state index in [1.165, 1.54) is 0 Å². The largest absolute Gasteiger partial charge is 0.416 e. The molecule has 1 aromatic heterocycles. The molecule has 0 spiro atoms. The molecule has 21 heavy (non-hydrogen) atoms. The van der Waals surface area contributed by atoms with Gasteiger partial charge in [0.15, 0.2) is 0 Å². The van der Waals surface area contributed by atoms with Crippen molar-refractivity contribution in [2.45, 2.75) is 32.5 Å². The number of hydrogen-bond acceptors (Lipinski definition) is 4. The van der Waals surface area contributed by atoms with Gasteiger partial charge < -0.3 is 15.3 Å². The quantitative estimate of drug-likeness (QED) is 0.898. The predicted octanol–water partition coefficient (Wildman–Crippen LogP) is 2.74. The molecule has 2 N–H and O–H groups in total. The Bertz CT molecular complexity index is 491. The topological polar surface area (TPSA) is 48.4 Å². The van der Waals surface area contributed by atoms with Crippen molar-refractivity contribution in [3.05, 3.63) is 17.7 Å². The molecular formula is C14H20F3N3O. The summed E-state index contributed by atoms with van der Waals surface area (Å²) in [6.45, 7) is 5.15. The molecule has 0 saturated carbocycles. The standard InChI is InChI=1S/C14H20F3N3O/c1-3-18-12-6-11(14(15,16)17)7-13(19-12)20-5-4-10(8-20)9(2)21/h6-7,9-10,21H,3-5,8H2,1-2H3,(H,18,19). The average Bonchev–Trinajstić information content (AvgIpc) is 2.87. The van der Waals surface area contributed by atoms with Gasteiger partial charge >= 0.3 is 6.18 Å². The van der Waals surface area contributed by atoms with Crippen LogP contribution in [0.1, 0.15) is 25.8 Å². The second-order valence-corrected chi connectivity index (χ2v) is 5.36. The van der Waals surface area contributed by atoms with Crippen LogP contribution in [0.2, 0.25) is 0 Å². The Morgan fingerprint density at radius 3 is 2.71 bits per heavy atom. The maximum absolute atomic E-state index is 13.0. The van der Waals surface area contributed by atoms with Crippen LogP contribution in [0.3, 0.4) is 0 Å². The zero-order chi connectivity index (χ0) is 15.6. The number of nitrogens with one attached hydrogen (secondary N) is 1. The van der Waals surface area contributed by atoms with Gasteiger partial charge in [-0.25, -0.2) is 4.98 Å². The van der Waals surface area contributed by atoms with E-state index in [1.54, 1.807) is 18.7 Å². The van der Waals surface area contributed by atoms with Crippen LogP contribution in [0.5, 0.6) is 0 Å². The van der Waals surface area contributed by atoms with Gasteiger partial charge in [0, 0.05) is 25.6 Å². The first-order valence-electron chi connectivity index (χ1n) is 7.07. The third-order valence-corrected chi connectivity index (χ3v) is 3.73. The fraction of sp³-hybridized carbons (Fsp3) is 0.643. The summed E-state index contributed by atoms with van der Waals surface area (Å²) in [5.74, 6) is 0.607. The van der Waals surface area contributed by atoms with Gasteiger partial charge in [-0.3, -0.25) is 0 Å². The minimum Gasteiger partial charge on any atom is -0.393 e. The van der Waals surface area contributed by atoms with Crippen LogP contribution in [-0.2, 0) is 6.18 Å². The molecule has 1 saturated heterocycles. The number of nitrogens with zero attached hydrogens (tertiary/aromatic N) is 2. The van der Waals surface area contributed by atoms with Gasteiger partial charge in [-0.2, -0.15) is 13.2 Å². The summed E-state index contributed by atoms with van der Waals surface area (Å²) >= 11 is 0. The Balaban J connectivity index is 2.28. The van der Waals surface area contributed by atoms with Crippen LogP contribution in [0.15, 0.2) is 12.1 Å². The molecule has 4 nitrogen and oxygen atoms in total. The molecule has 7 heteroatoms. The lowest BCUT2D eigenvalue weighted by atomic mass is 10.0. The van der Waals surface area contributed by atoms with Crippen molar-refractivity contribution in [3.63, 3.8) is 0 Å². The van der Waals surface area contributed by atoms with Crippen LogP contribution in [0, 0.1) is 5.92 Å². The van der Waals surface area contributed by atoms with Crippen molar-refractivity contribution in [2.24, 2.45) is 5.92 Å². The maximum atomic E-state index is 13.0. The third-order valence-electron chi connectivity index (χ3n) is 3.73. The summed E-state index contributed by atoms with van der Waals surface area (Å²) in [4.78, 5) is 6.04. The summed E-state index contributed by atoms with van der Waals surface area (Å²) in [6, 6.07) is 2.10. The molecule has 1 aromatic rings. The van der Waals surface area contributed by atoms with E-state index in [9.17, 15) is 18.3 Å². The molecule has 2 unspecified atom stereocenters. The number of halogens is 3. The van der Waals surface area contributed by atoms with Crippen molar-refractivity contribution < 1.29 is 18.3 Å². The molecule has 1 aliphatic rings. The summed E-state index contributed by atoms with van der Waals surface area (Å²) in [6.07, 6.45) is -4.11. The lowest BCUT2D eigenvalue weighted by Crippen LogP contribution is -2.25. The molecule has 2 rings (SSSR count). The fourth-order valence-electron chi connectivity index (χ4n) is 2.50. The van der Waals surface area contributed by atoms with Gasteiger partial charge in [-0.15, -0.1) is 0 Å². The number of aromatic nitrogens is 1. The smallest absolute Gasteiger partial charge is 0.393 e. The van der Waals surface area contributed by atoms with Crippen molar-refractivity contribution in [1.29, 1.82) is 0 Å². The van der Waals surface area contributed by atoms with Gasteiger partial charge in [0.2, 0.25) is 0 Å². The summed E-state index contributed by atoms with van der Waals surface area (Å²) in [5.41, 5.74) is -0.705. The predicted molar refractivity (Wildman–Crippen MR) is 75.4 cm³/mol. The Labute approximate surface area is 122 Å². The molecular weight excluding hydrogens is 283 g/mol. The zero-order valence-corrected chi connectivity index (χ0v) is 12.1. The molecule has 0 bridgehead atoms. The fourth-order valence-corrected chi connectivity index (χ4v) is 2.50. The monoisotopic (exact) mass is 303 g/mol. The van der Waals surface area contributed by atoms with Crippen LogP contribution in [0.25, 0.3) is 0 Å². The van der Waals surface area contributed by atoms with Gasteiger partial charge in [0.05, 0.1) is 11.7 Å². The van der Waals surface area contributed by atoms with Crippen LogP contribution in [-0.4, -0.2) is 35.8 Å². The maximum Gasteiger partial charge on any atom is 0.416 e. The van der Waals surface area contributed by atoms with Crippen LogP contribution < -0.4 is 10.2 Å². The number of alkyl halides is 3. The van der Waals surface area contributed by atoms with Crippen molar-refractivity contribution >= 4 is 11.6 Å². The number of hydrogen-bond donors (Lipinski definition) is 2. The van der Waals surface area contributed by atoms with Crippen molar-refractivity contribution in [2.75, 3.05) is 29.9 Å². The Hall–Kier alpha value is -1.50. The van der Waals surface area contributed by atoms with Crippen molar-refractivity contribution in [1.82, 2.24) is 4.98 Å². The second kappa shape index (κ2) is 6.09. The molecule has 0 aromatic carbocycles. The Kier molecular flexibility index (Phi) is 4.61. The van der Waals surface area contributed by atoms with E-state index in [-0.39, 0.29) is 11.7 Å². The lowest BCUT2D eigenvalue weighted by Gasteiger charge is -2.21. The molecule has 2 atom stereocenters. The molecule has 0 amide bonds. The highest BCUT2D eigenvalue weighted by molar-refractivity contribution is 5.52. The van der Waals surface area contributed by atoms with E-state index in [0.29, 0.717) is 25.5 Å². The van der Waals surface area contributed by atoms with E-state index >= 15 is 0 Å². The van der Waals surface area contributed by atoms with Gasteiger partial charge in [-0.1, -0.05) is 0 Å². The van der Waals surface area contributed by atoms with Crippen LogP contribution in [0.4, 0.5) is 24.8 Å². The van der Waals surface area contributed by atoms with E-state index in [4.69, 9.17) is 0 Å². The molecule has 0 aliphatic carbocycles. The Morgan fingerprint density at radius 2 is 2.19 bits per heavy atom. The Morgan fingerprint density at radius 1 is 1.48 bits per heavy atom. The molecule has 1 aliphatic heterocycles. The lowest BCUT2D eigenvalue weighted by molar-refractivity contribution is -0.137. The van der Waals surface area contributed by atoms with Gasteiger partial charge in [0.25, 0.3) is 0 Å². The molecule has 0 radical (unpaired) electrons. The highest BCUT2D eigenvalue weighted by Crippen LogP contribution is 2.34. The number of anilines is 2. The molecule has 1 fully saturated rings. The summed E-state index contributed by atoms with van der Waals surface area (Å²) in [5, 5.41) is 12.4. The second-order valence-electron chi connectivity index (χ2n) is 5.36. The first-order chi connectivity index (χ1) is 9.81.